The summed E-state index contributed by atoms with van der Waals surface area (Å²) in [6, 6.07) is 2.71. The van der Waals surface area contributed by atoms with Crippen LogP contribution in [-0.2, 0) is 0 Å². The molecule has 0 aromatic carbocycles. The molecule has 1 saturated heterocycles. The highest BCUT2D eigenvalue weighted by atomic mass is 16.6. The molecule has 2 rings (SSSR count). The maximum atomic E-state index is 10.6. The quantitative estimate of drug-likeness (QED) is 0.618. The summed E-state index contributed by atoms with van der Waals surface area (Å²) in [5.41, 5.74) is 0.0116. The minimum absolute atomic E-state index is 0.0116. The van der Waals surface area contributed by atoms with Crippen molar-refractivity contribution >= 4 is 5.69 Å². The fourth-order valence-corrected chi connectivity index (χ4v) is 1.88. The summed E-state index contributed by atoms with van der Waals surface area (Å²) in [7, 11) is 0. The Kier molecular flexibility index (Phi) is 3.87. The van der Waals surface area contributed by atoms with Gasteiger partial charge in [0.1, 0.15) is 0 Å². The van der Waals surface area contributed by atoms with Gasteiger partial charge in [0.25, 0.3) is 5.69 Å². The maximum Gasteiger partial charge on any atom is 0.276 e. The first-order valence-electron chi connectivity index (χ1n) is 5.69. The second-order valence-corrected chi connectivity index (χ2v) is 4.11. The largest absolute Gasteiger partial charge is 0.477 e. The molecule has 1 fully saturated rings. The topological polar surface area (TPSA) is 77.3 Å². The zero-order chi connectivity index (χ0) is 12.1. The summed E-state index contributed by atoms with van der Waals surface area (Å²) in [4.78, 5) is 14.0. The summed E-state index contributed by atoms with van der Waals surface area (Å²) < 4.78 is 5.42. The van der Waals surface area contributed by atoms with Gasteiger partial charge < -0.3 is 10.1 Å². The smallest absolute Gasteiger partial charge is 0.276 e. The molecule has 0 aliphatic carbocycles. The number of nitrogens with zero attached hydrogens (tertiary/aromatic N) is 2. The number of hydrogen-bond acceptors (Lipinski definition) is 5. The highest BCUT2D eigenvalue weighted by molar-refractivity contribution is 5.32. The normalized spacial score (nSPS) is 19.2. The molecule has 92 valence electrons. The van der Waals surface area contributed by atoms with Crippen molar-refractivity contribution in [3.05, 3.63) is 28.4 Å². The van der Waals surface area contributed by atoms with Crippen LogP contribution in [0.5, 0.6) is 5.88 Å². The number of pyridine rings is 1. The first-order chi connectivity index (χ1) is 8.25. The van der Waals surface area contributed by atoms with Crippen LogP contribution in [0, 0.1) is 16.0 Å². The molecule has 1 atom stereocenters. The molecular formula is C11H15N3O3. The first kappa shape index (κ1) is 11.8. The van der Waals surface area contributed by atoms with Crippen LogP contribution in [0.2, 0.25) is 0 Å². The van der Waals surface area contributed by atoms with Gasteiger partial charge in [-0.1, -0.05) is 0 Å². The van der Waals surface area contributed by atoms with Crippen LogP contribution in [0.4, 0.5) is 5.69 Å². The second kappa shape index (κ2) is 5.58. The molecular weight excluding hydrogens is 222 g/mol. The summed E-state index contributed by atoms with van der Waals surface area (Å²) in [6.45, 7) is 2.66. The van der Waals surface area contributed by atoms with E-state index in [0.717, 1.165) is 19.5 Å². The molecule has 1 aromatic heterocycles. The lowest BCUT2D eigenvalue weighted by Crippen LogP contribution is -2.12. The van der Waals surface area contributed by atoms with Gasteiger partial charge in [-0.15, -0.1) is 0 Å². The van der Waals surface area contributed by atoms with E-state index in [9.17, 15) is 10.1 Å². The van der Waals surface area contributed by atoms with Crippen molar-refractivity contribution in [2.45, 2.75) is 12.8 Å². The van der Waals surface area contributed by atoms with Gasteiger partial charge in [0.2, 0.25) is 5.88 Å². The Morgan fingerprint density at radius 1 is 1.65 bits per heavy atom. The Hall–Kier alpha value is -1.69. The van der Waals surface area contributed by atoms with Gasteiger partial charge in [-0.3, -0.25) is 10.1 Å². The minimum atomic E-state index is -0.449. The lowest BCUT2D eigenvalue weighted by molar-refractivity contribution is -0.385. The predicted molar refractivity (Wildman–Crippen MR) is 62.0 cm³/mol. The molecule has 1 N–H and O–H groups in total. The van der Waals surface area contributed by atoms with Crippen molar-refractivity contribution in [1.82, 2.24) is 10.3 Å². The number of hydrogen-bond donors (Lipinski definition) is 1. The number of nitro groups is 1. The van der Waals surface area contributed by atoms with Crippen molar-refractivity contribution in [2.24, 2.45) is 5.92 Å². The van der Waals surface area contributed by atoms with Gasteiger partial charge in [0, 0.05) is 12.3 Å². The van der Waals surface area contributed by atoms with Crippen molar-refractivity contribution < 1.29 is 9.66 Å². The highest BCUT2D eigenvalue weighted by Gasteiger charge is 2.14. The molecule has 0 amide bonds. The van der Waals surface area contributed by atoms with Crippen LogP contribution in [0.1, 0.15) is 12.8 Å². The second-order valence-electron chi connectivity index (χ2n) is 4.11. The van der Waals surface area contributed by atoms with E-state index < -0.39 is 4.92 Å². The zero-order valence-electron chi connectivity index (χ0n) is 9.46. The van der Waals surface area contributed by atoms with Crippen LogP contribution >= 0.6 is 0 Å². The van der Waals surface area contributed by atoms with Crippen molar-refractivity contribution in [3.63, 3.8) is 0 Å². The first-order valence-corrected chi connectivity index (χ1v) is 5.69. The van der Waals surface area contributed by atoms with E-state index in [1.165, 1.54) is 24.8 Å². The zero-order valence-corrected chi connectivity index (χ0v) is 9.46. The van der Waals surface area contributed by atoms with Gasteiger partial charge in [-0.2, -0.15) is 0 Å². The van der Waals surface area contributed by atoms with Gasteiger partial charge >= 0.3 is 0 Å². The maximum absolute atomic E-state index is 10.6. The Morgan fingerprint density at radius 2 is 2.53 bits per heavy atom. The summed E-state index contributed by atoms with van der Waals surface area (Å²) in [6.07, 6.45) is 3.52. The Morgan fingerprint density at radius 3 is 3.24 bits per heavy atom. The minimum Gasteiger partial charge on any atom is -0.477 e. The molecule has 0 spiro atoms. The molecule has 0 radical (unpaired) electrons. The van der Waals surface area contributed by atoms with Crippen LogP contribution in [0.25, 0.3) is 0 Å². The highest BCUT2D eigenvalue weighted by Crippen LogP contribution is 2.17. The van der Waals surface area contributed by atoms with Crippen LogP contribution < -0.4 is 10.1 Å². The van der Waals surface area contributed by atoms with E-state index in [2.05, 4.69) is 10.3 Å². The third-order valence-electron chi connectivity index (χ3n) is 2.87. The molecule has 0 bridgehead atoms. The van der Waals surface area contributed by atoms with Crippen molar-refractivity contribution in [2.75, 3.05) is 19.7 Å². The molecule has 6 heteroatoms. The fraction of sp³-hybridized carbons (Fsp3) is 0.545. The SMILES string of the molecule is O=[N+]([O-])c1ccnc(OCCC2CCNC2)c1. The van der Waals surface area contributed by atoms with Gasteiger partial charge in [0.15, 0.2) is 0 Å². The van der Waals surface area contributed by atoms with Gasteiger partial charge in [-0.25, -0.2) is 4.98 Å². The molecule has 1 aliphatic heterocycles. The molecule has 17 heavy (non-hydrogen) atoms. The van der Waals surface area contributed by atoms with E-state index in [1.54, 1.807) is 0 Å². The van der Waals surface area contributed by atoms with Crippen molar-refractivity contribution in [3.8, 4) is 5.88 Å². The van der Waals surface area contributed by atoms with Gasteiger partial charge in [0.05, 0.1) is 17.6 Å². The molecule has 6 nitrogen and oxygen atoms in total. The number of aromatic nitrogens is 1. The van der Waals surface area contributed by atoms with E-state index >= 15 is 0 Å². The average molecular weight is 237 g/mol. The van der Waals surface area contributed by atoms with Crippen molar-refractivity contribution in [1.29, 1.82) is 0 Å². The Balaban J connectivity index is 1.81. The lowest BCUT2D eigenvalue weighted by Gasteiger charge is -2.08. The number of ether oxygens (including phenoxy) is 1. The number of nitrogens with one attached hydrogen (secondary N) is 1. The van der Waals surface area contributed by atoms with E-state index in [0.29, 0.717) is 18.4 Å². The van der Waals surface area contributed by atoms with Gasteiger partial charge in [-0.05, 0) is 31.8 Å². The van der Waals surface area contributed by atoms with Crippen LogP contribution in [-0.4, -0.2) is 29.6 Å². The molecule has 1 unspecified atom stereocenters. The molecule has 1 aromatic rings. The third kappa shape index (κ3) is 3.39. The average Bonchev–Trinajstić information content (AvgIpc) is 2.82. The number of rotatable bonds is 5. The molecule has 0 saturated carbocycles. The van der Waals surface area contributed by atoms with E-state index in [4.69, 9.17) is 4.74 Å². The Bertz CT molecular complexity index is 391. The predicted octanol–water partition coefficient (Wildman–Crippen LogP) is 1.37. The monoisotopic (exact) mass is 237 g/mol. The fourth-order valence-electron chi connectivity index (χ4n) is 1.88. The third-order valence-corrected chi connectivity index (χ3v) is 2.87. The van der Waals surface area contributed by atoms with E-state index in [1.807, 2.05) is 0 Å². The van der Waals surface area contributed by atoms with Crippen LogP contribution in [0.15, 0.2) is 18.3 Å². The lowest BCUT2D eigenvalue weighted by atomic mass is 10.1. The van der Waals surface area contributed by atoms with E-state index in [-0.39, 0.29) is 5.69 Å². The standard InChI is InChI=1S/C11H15N3O3/c15-14(16)10-2-5-13-11(7-10)17-6-3-9-1-4-12-8-9/h2,5,7,9,12H,1,3-4,6,8H2. The summed E-state index contributed by atoms with van der Waals surface area (Å²) >= 11 is 0. The molecule has 2 heterocycles. The summed E-state index contributed by atoms with van der Waals surface area (Å²) in [5.74, 6) is 0.971. The van der Waals surface area contributed by atoms with Crippen LogP contribution in [0.3, 0.4) is 0 Å². The summed E-state index contributed by atoms with van der Waals surface area (Å²) in [5, 5.41) is 13.8. The molecule has 1 aliphatic rings. The Labute approximate surface area is 99.2 Å².